The lowest BCUT2D eigenvalue weighted by molar-refractivity contribution is 0.100. The van der Waals surface area contributed by atoms with E-state index in [-0.39, 0.29) is 5.91 Å². The van der Waals surface area contributed by atoms with Crippen LogP contribution < -0.4 is 11.1 Å². The molecule has 1 aromatic carbocycles. The summed E-state index contributed by atoms with van der Waals surface area (Å²) in [5, 5.41) is 3.50. The number of hydrogen-bond acceptors (Lipinski definition) is 3. The number of hydrogen-bond donors (Lipinski definition) is 2. The zero-order valence-electron chi connectivity index (χ0n) is 11.6. The highest BCUT2D eigenvalue weighted by Crippen LogP contribution is 2.15. The van der Waals surface area contributed by atoms with Crippen molar-refractivity contribution in [2.45, 2.75) is 19.4 Å². The van der Waals surface area contributed by atoms with Gasteiger partial charge >= 0.3 is 0 Å². The van der Waals surface area contributed by atoms with Gasteiger partial charge in [-0.05, 0) is 63.1 Å². The summed E-state index contributed by atoms with van der Waals surface area (Å²) in [6.07, 6.45) is 2.56. The Kier molecular flexibility index (Phi) is 4.93. The number of benzene rings is 1. The largest absolute Gasteiger partial charge is 0.366 e. The number of amides is 1. The third-order valence-corrected chi connectivity index (χ3v) is 3.84. The Balaban J connectivity index is 1.72. The molecule has 2 rings (SSSR count). The van der Waals surface area contributed by atoms with E-state index in [1.54, 1.807) is 12.1 Å². The minimum absolute atomic E-state index is 0.370. The van der Waals surface area contributed by atoms with Gasteiger partial charge in [0.05, 0.1) is 0 Å². The topological polar surface area (TPSA) is 58.4 Å². The molecule has 1 aliphatic heterocycles. The Bertz CT molecular complexity index is 408. The normalized spacial score (nSPS) is 17.5. The van der Waals surface area contributed by atoms with E-state index in [0.29, 0.717) is 5.56 Å². The first-order chi connectivity index (χ1) is 9.15. The van der Waals surface area contributed by atoms with Gasteiger partial charge in [0, 0.05) is 12.1 Å². The third-order valence-electron chi connectivity index (χ3n) is 3.84. The van der Waals surface area contributed by atoms with Crippen LogP contribution in [0.1, 0.15) is 28.8 Å². The monoisotopic (exact) mass is 261 g/mol. The van der Waals surface area contributed by atoms with Crippen molar-refractivity contribution in [3.63, 3.8) is 0 Å². The summed E-state index contributed by atoms with van der Waals surface area (Å²) in [6.45, 7) is 4.34. The van der Waals surface area contributed by atoms with Crippen LogP contribution in [0.15, 0.2) is 24.3 Å². The van der Waals surface area contributed by atoms with Crippen molar-refractivity contribution in [3.05, 3.63) is 35.4 Å². The van der Waals surface area contributed by atoms with Crippen molar-refractivity contribution in [2.24, 2.45) is 11.7 Å². The highest BCUT2D eigenvalue weighted by molar-refractivity contribution is 5.92. The van der Waals surface area contributed by atoms with Gasteiger partial charge in [0.1, 0.15) is 0 Å². The molecular formula is C15H23N3O. The Morgan fingerprint density at radius 3 is 2.53 bits per heavy atom. The number of nitrogens with one attached hydrogen (secondary N) is 1. The number of nitrogens with two attached hydrogens (primary N) is 1. The second-order valence-electron chi connectivity index (χ2n) is 5.44. The van der Waals surface area contributed by atoms with Crippen LogP contribution in [0.5, 0.6) is 0 Å². The van der Waals surface area contributed by atoms with E-state index in [0.717, 1.165) is 19.0 Å². The second-order valence-corrected chi connectivity index (χ2v) is 5.44. The fraction of sp³-hybridized carbons (Fsp3) is 0.533. The van der Waals surface area contributed by atoms with Gasteiger partial charge < -0.3 is 16.0 Å². The van der Waals surface area contributed by atoms with E-state index in [1.807, 2.05) is 12.1 Å². The van der Waals surface area contributed by atoms with Crippen LogP contribution in [0.4, 0.5) is 0 Å². The summed E-state index contributed by atoms with van der Waals surface area (Å²) in [7, 11) is 2.18. The number of nitrogens with zero attached hydrogens (tertiary/aromatic N) is 1. The summed E-state index contributed by atoms with van der Waals surface area (Å²) in [5.41, 5.74) is 6.98. The lowest BCUT2D eigenvalue weighted by Gasteiger charge is -2.29. The highest BCUT2D eigenvalue weighted by Gasteiger charge is 2.15. The standard InChI is InChI=1S/C15H23N3O/c1-18-8-6-13(7-9-18)11-17-10-12-2-4-14(5-3-12)15(16)19/h2-5,13,17H,6-11H2,1H3,(H2,16,19). The van der Waals surface area contributed by atoms with Gasteiger partial charge in [0.25, 0.3) is 0 Å². The molecule has 19 heavy (non-hydrogen) atoms. The first kappa shape index (κ1) is 14.0. The molecule has 1 amide bonds. The van der Waals surface area contributed by atoms with Gasteiger partial charge in [-0.15, -0.1) is 0 Å². The van der Waals surface area contributed by atoms with Crippen LogP contribution in [-0.2, 0) is 6.54 Å². The van der Waals surface area contributed by atoms with Gasteiger partial charge in [-0.2, -0.15) is 0 Å². The summed E-state index contributed by atoms with van der Waals surface area (Å²) >= 11 is 0. The van der Waals surface area contributed by atoms with E-state index in [4.69, 9.17) is 5.73 Å². The average molecular weight is 261 g/mol. The molecule has 1 aliphatic rings. The summed E-state index contributed by atoms with van der Waals surface area (Å²) < 4.78 is 0. The van der Waals surface area contributed by atoms with Gasteiger partial charge in [-0.1, -0.05) is 12.1 Å². The molecule has 0 spiro atoms. The molecule has 1 heterocycles. The minimum atomic E-state index is -0.370. The quantitative estimate of drug-likeness (QED) is 0.838. The molecule has 0 aromatic heterocycles. The fourth-order valence-corrected chi connectivity index (χ4v) is 2.47. The highest BCUT2D eigenvalue weighted by atomic mass is 16.1. The van der Waals surface area contributed by atoms with Gasteiger partial charge in [0.2, 0.25) is 5.91 Å². The lowest BCUT2D eigenvalue weighted by atomic mass is 9.97. The fourth-order valence-electron chi connectivity index (χ4n) is 2.47. The molecule has 0 radical (unpaired) electrons. The molecule has 1 fully saturated rings. The number of likely N-dealkylation sites (tertiary alicyclic amines) is 1. The van der Waals surface area contributed by atoms with E-state index >= 15 is 0 Å². The van der Waals surface area contributed by atoms with E-state index in [2.05, 4.69) is 17.3 Å². The SMILES string of the molecule is CN1CCC(CNCc2ccc(C(N)=O)cc2)CC1. The maximum Gasteiger partial charge on any atom is 0.248 e. The first-order valence-electron chi connectivity index (χ1n) is 6.93. The maximum atomic E-state index is 11.0. The number of carbonyl (C=O) groups excluding carboxylic acids is 1. The van der Waals surface area contributed by atoms with Crippen molar-refractivity contribution in [2.75, 3.05) is 26.7 Å². The second kappa shape index (κ2) is 6.68. The van der Waals surface area contributed by atoms with Crippen molar-refractivity contribution >= 4 is 5.91 Å². The van der Waals surface area contributed by atoms with E-state index in [9.17, 15) is 4.79 Å². The van der Waals surface area contributed by atoms with Gasteiger partial charge in [-0.25, -0.2) is 0 Å². The smallest absolute Gasteiger partial charge is 0.248 e. The number of rotatable bonds is 5. The molecular weight excluding hydrogens is 238 g/mol. The van der Waals surface area contributed by atoms with Crippen molar-refractivity contribution < 1.29 is 4.79 Å². The van der Waals surface area contributed by atoms with Crippen LogP contribution in [0, 0.1) is 5.92 Å². The van der Waals surface area contributed by atoms with Crippen LogP contribution in [-0.4, -0.2) is 37.5 Å². The summed E-state index contributed by atoms with van der Waals surface area (Å²) in [5.74, 6) is 0.423. The van der Waals surface area contributed by atoms with Gasteiger partial charge in [0.15, 0.2) is 0 Å². The Labute approximate surface area is 115 Å². The molecule has 0 atom stereocenters. The van der Waals surface area contributed by atoms with Crippen molar-refractivity contribution in [1.29, 1.82) is 0 Å². The average Bonchev–Trinajstić information content (AvgIpc) is 2.41. The number of piperidine rings is 1. The van der Waals surface area contributed by atoms with Crippen molar-refractivity contribution in [3.8, 4) is 0 Å². The minimum Gasteiger partial charge on any atom is -0.366 e. The lowest BCUT2D eigenvalue weighted by Crippen LogP contribution is -2.34. The Hall–Kier alpha value is -1.39. The van der Waals surface area contributed by atoms with Crippen LogP contribution in [0.3, 0.4) is 0 Å². The van der Waals surface area contributed by atoms with E-state index in [1.165, 1.54) is 31.5 Å². The molecule has 1 saturated heterocycles. The zero-order chi connectivity index (χ0) is 13.7. The Morgan fingerprint density at radius 1 is 1.32 bits per heavy atom. The predicted molar refractivity (Wildman–Crippen MR) is 76.9 cm³/mol. The molecule has 0 bridgehead atoms. The predicted octanol–water partition coefficient (Wildman–Crippen LogP) is 1.22. The first-order valence-corrected chi connectivity index (χ1v) is 6.93. The van der Waals surface area contributed by atoms with Crippen LogP contribution in [0.2, 0.25) is 0 Å². The Morgan fingerprint density at radius 2 is 1.95 bits per heavy atom. The van der Waals surface area contributed by atoms with Crippen LogP contribution in [0.25, 0.3) is 0 Å². The molecule has 0 unspecified atom stereocenters. The van der Waals surface area contributed by atoms with E-state index < -0.39 is 0 Å². The molecule has 0 aliphatic carbocycles. The molecule has 4 nitrogen and oxygen atoms in total. The maximum absolute atomic E-state index is 11.0. The third kappa shape index (κ3) is 4.33. The van der Waals surface area contributed by atoms with Crippen LogP contribution >= 0.6 is 0 Å². The summed E-state index contributed by atoms with van der Waals surface area (Å²) in [4.78, 5) is 13.3. The molecule has 104 valence electrons. The molecule has 0 saturated carbocycles. The summed E-state index contributed by atoms with van der Waals surface area (Å²) in [6, 6.07) is 7.49. The zero-order valence-corrected chi connectivity index (χ0v) is 11.6. The molecule has 4 heteroatoms. The molecule has 1 aromatic rings. The number of carbonyl (C=O) groups is 1. The van der Waals surface area contributed by atoms with Gasteiger partial charge in [-0.3, -0.25) is 4.79 Å². The number of primary amides is 1. The molecule has 3 N–H and O–H groups in total. The van der Waals surface area contributed by atoms with Crippen molar-refractivity contribution in [1.82, 2.24) is 10.2 Å².